The summed E-state index contributed by atoms with van der Waals surface area (Å²) in [7, 11) is 1.67. The van der Waals surface area contributed by atoms with Crippen LogP contribution in [0.2, 0.25) is 0 Å². The molecule has 1 saturated heterocycles. The van der Waals surface area contributed by atoms with E-state index in [9.17, 15) is 9.59 Å². The molecule has 1 aliphatic rings. The summed E-state index contributed by atoms with van der Waals surface area (Å²) < 4.78 is 10.2. The zero-order valence-corrected chi connectivity index (χ0v) is 14.8. The number of hydrogen-bond acceptors (Lipinski definition) is 4. The van der Waals surface area contributed by atoms with Crippen LogP contribution in [0.1, 0.15) is 46.5 Å². The third-order valence-corrected chi connectivity index (χ3v) is 3.48. The number of unbranched alkanes of at least 4 members (excludes halogenated alkanes) is 1. The number of nitrogens with zero attached hydrogens (tertiary/aromatic N) is 1. The van der Waals surface area contributed by atoms with Crippen LogP contribution in [0.3, 0.4) is 0 Å². The largest absolute Gasteiger partial charge is 0.444 e. The van der Waals surface area contributed by atoms with E-state index in [0.29, 0.717) is 19.7 Å². The van der Waals surface area contributed by atoms with Gasteiger partial charge in [-0.1, -0.05) is 0 Å². The molecule has 0 aromatic rings. The van der Waals surface area contributed by atoms with Crippen LogP contribution in [0, 0.1) is 0 Å². The minimum Gasteiger partial charge on any atom is -0.444 e. The van der Waals surface area contributed by atoms with Crippen LogP contribution in [-0.2, 0) is 9.47 Å². The molecule has 2 N–H and O–H groups in total. The SMILES string of the molecule is COCCCCNC(=O)N1CCC[C@H](NC(=O)OC(C)(C)C)C1. The lowest BCUT2D eigenvalue weighted by atomic mass is 10.1. The van der Waals surface area contributed by atoms with Gasteiger partial charge in [-0.25, -0.2) is 9.59 Å². The van der Waals surface area contributed by atoms with Crippen LogP contribution >= 0.6 is 0 Å². The van der Waals surface area contributed by atoms with Gasteiger partial charge >= 0.3 is 12.1 Å². The van der Waals surface area contributed by atoms with Crippen LogP contribution in [0.4, 0.5) is 9.59 Å². The molecule has 1 fully saturated rings. The van der Waals surface area contributed by atoms with Gasteiger partial charge in [-0.2, -0.15) is 0 Å². The third kappa shape index (κ3) is 8.64. The molecular formula is C16H31N3O4. The number of rotatable bonds is 6. The molecule has 0 aromatic heterocycles. The molecule has 1 heterocycles. The fourth-order valence-electron chi connectivity index (χ4n) is 2.43. The summed E-state index contributed by atoms with van der Waals surface area (Å²) in [5.41, 5.74) is -0.516. The fraction of sp³-hybridized carbons (Fsp3) is 0.875. The number of hydrogen-bond donors (Lipinski definition) is 2. The van der Waals surface area contributed by atoms with E-state index in [1.807, 2.05) is 20.8 Å². The van der Waals surface area contributed by atoms with E-state index >= 15 is 0 Å². The van der Waals surface area contributed by atoms with E-state index in [2.05, 4.69) is 10.6 Å². The second-order valence-electron chi connectivity index (χ2n) is 6.86. The lowest BCUT2D eigenvalue weighted by molar-refractivity contribution is 0.0479. The average molecular weight is 329 g/mol. The first-order chi connectivity index (χ1) is 10.8. The number of urea groups is 1. The minimum absolute atomic E-state index is 0.0576. The number of amides is 3. The Morgan fingerprint density at radius 2 is 2.00 bits per heavy atom. The molecular weight excluding hydrogens is 298 g/mol. The molecule has 0 radical (unpaired) electrons. The summed E-state index contributed by atoms with van der Waals surface area (Å²) in [5, 5.41) is 5.76. The number of alkyl carbamates (subject to hydrolysis) is 1. The summed E-state index contributed by atoms with van der Waals surface area (Å²) >= 11 is 0. The third-order valence-electron chi connectivity index (χ3n) is 3.48. The van der Waals surface area contributed by atoms with Gasteiger partial charge in [-0.3, -0.25) is 0 Å². The van der Waals surface area contributed by atoms with Gasteiger partial charge in [-0.05, 0) is 46.5 Å². The van der Waals surface area contributed by atoms with Crippen molar-refractivity contribution < 1.29 is 19.1 Å². The number of nitrogens with one attached hydrogen (secondary N) is 2. The molecule has 134 valence electrons. The van der Waals surface area contributed by atoms with Gasteiger partial charge in [0.05, 0.1) is 0 Å². The molecule has 0 bridgehead atoms. The van der Waals surface area contributed by atoms with E-state index < -0.39 is 11.7 Å². The Balaban J connectivity index is 2.30. The van der Waals surface area contributed by atoms with Crippen LogP contribution in [0.25, 0.3) is 0 Å². The highest BCUT2D eigenvalue weighted by molar-refractivity contribution is 5.74. The Morgan fingerprint density at radius 1 is 1.26 bits per heavy atom. The van der Waals surface area contributed by atoms with Gasteiger partial charge in [0.1, 0.15) is 5.60 Å². The van der Waals surface area contributed by atoms with Crippen LogP contribution in [0.5, 0.6) is 0 Å². The quantitative estimate of drug-likeness (QED) is 0.732. The van der Waals surface area contributed by atoms with E-state index in [-0.39, 0.29) is 12.1 Å². The summed E-state index contributed by atoms with van der Waals surface area (Å²) in [6, 6.07) is -0.129. The monoisotopic (exact) mass is 329 g/mol. The lowest BCUT2D eigenvalue weighted by Gasteiger charge is -2.33. The fourth-order valence-corrected chi connectivity index (χ4v) is 2.43. The van der Waals surface area contributed by atoms with E-state index in [1.165, 1.54) is 0 Å². The highest BCUT2D eigenvalue weighted by atomic mass is 16.6. The van der Waals surface area contributed by atoms with Crippen molar-refractivity contribution in [1.82, 2.24) is 15.5 Å². The summed E-state index contributed by atoms with van der Waals surface area (Å²) in [4.78, 5) is 25.7. The van der Waals surface area contributed by atoms with Gasteiger partial charge in [0.15, 0.2) is 0 Å². The van der Waals surface area contributed by atoms with Crippen molar-refractivity contribution in [2.75, 3.05) is 33.4 Å². The highest BCUT2D eigenvalue weighted by Crippen LogP contribution is 2.12. The van der Waals surface area contributed by atoms with Gasteiger partial charge in [-0.15, -0.1) is 0 Å². The van der Waals surface area contributed by atoms with Gasteiger partial charge < -0.3 is 25.0 Å². The predicted octanol–water partition coefficient (Wildman–Crippen LogP) is 2.11. The Kier molecular flexibility index (Phi) is 8.16. The standard InChI is InChI=1S/C16H31N3O4/c1-16(2,3)23-15(21)18-13-8-7-10-19(12-13)14(20)17-9-5-6-11-22-4/h13H,5-12H2,1-4H3,(H,17,20)(H,18,21)/t13-/m0/s1. The summed E-state index contributed by atoms with van der Waals surface area (Å²) in [6.45, 7) is 8.08. The van der Waals surface area contributed by atoms with Crippen molar-refractivity contribution in [3.8, 4) is 0 Å². The molecule has 0 unspecified atom stereocenters. The van der Waals surface area contributed by atoms with E-state index in [4.69, 9.17) is 9.47 Å². The first-order valence-electron chi connectivity index (χ1n) is 8.33. The lowest BCUT2D eigenvalue weighted by Crippen LogP contribution is -2.52. The van der Waals surface area contributed by atoms with Crippen molar-refractivity contribution in [1.29, 1.82) is 0 Å². The number of methoxy groups -OCH3 is 1. The Morgan fingerprint density at radius 3 is 2.65 bits per heavy atom. The highest BCUT2D eigenvalue weighted by Gasteiger charge is 2.26. The minimum atomic E-state index is -0.516. The summed E-state index contributed by atoms with van der Waals surface area (Å²) in [6.07, 6.45) is 3.13. The van der Waals surface area contributed by atoms with E-state index in [1.54, 1.807) is 12.0 Å². The molecule has 0 saturated carbocycles. The maximum Gasteiger partial charge on any atom is 0.407 e. The van der Waals surface area contributed by atoms with Crippen molar-refractivity contribution in [2.24, 2.45) is 0 Å². The molecule has 7 nitrogen and oxygen atoms in total. The van der Waals surface area contributed by atoms with Crippen LogP contribution < -0.4 is 10.6 Å². The van der Waals surface area contributed by atoms with Crippen molar-refractivity contribution in [3.63, 3.8) is 0 Å². The number of carbonyl (C=O) groups excluding carboxylic acids is 2. The van der Waals surface area contributed by atoms with Crippen LogP contribution in [0.15, 0.2) is 0 Å². The molecule has 0 spiro atoms. The zero-order chi connectivity index (χ0) is 17.3. The molecule has 23 heavy (non-hydrogen) atoms. The molecule has 1 rings (SSSR count). The van der Waals surface area contributed by atoms with Gasteiger partial charge in [0.25, 0.3) is 0 Å². The van der Waals surface area contributed by atoms with Crippen molar-refractivity contribution in [2.45, 2.75) is 58.1 Å². The Bertz CT molecular complexity index is 382. The molecule has 3 amide bonds. The maximum absolute atomic E-state index is 12.1. The molecule has 0 aromatic carbocycles. The number of carbonyl (C=O) groups is 2. The predicted molar refractivity (Wildman–Crippen MR) is 88.5 cm³/mol. The van der Waals surface area contributed by atoms with Crippen LogP contribution in [-0.4, -0.2) is 62.0 Å². The molecule has 0 aliphatic carbocycles. The van der Waals surface area contributed by atoms with Crippen molar-refractivity contribution in [3.05, 3.63) is 0 Å². The van der Waals surface area contributed by atoms with Crippen molar-refractivity contribution >= 4 is 12.1 Å². The molecule has 7 heteroatoms. The topological polar surface area (TPSA) is 79.9 Å². The Labute approximate surface area is 139 Å². The molecule has 1 atom stereocenters. The summed E-state index contributed by atoms with van der Waals surface area (Å²) in [5.74, 6) is 0. The first-order valence-corrected chi connectivity index (χ1v) is 8.33. The number of likely N-dealkylation sites (tertiary alicyclic amines) is 1. The number of ether oxygens (including phenoxy) is 2. The first kappa shape index (κ1) is 19.5. The zero-order valence-electron chi connectivity index (χ0n) is 14.8. The second-order valence-corrected chi connectivity index (χ2v) is 6.86. The normalized spacial score (nSPS) is 18.4. The van der Waals surface area contributed by atoms with Gasteiger partial charge in [0, 0.05) is 39.4 Å². The maximum atomic E-state index is 12.1. The molecule has 1 aliphatic heterocycles. The second kappa shape index (κ2) is 9.60. The smallest absolute Gasteiger partial charge is 0.407 e. The Hall–Kier alpha value is -1.50. The average Bonchev–Trinajstić information content (AvgIpc) is 2.45. The van der Waals surface area contributed by atoms with E-state index in [0.717, 1.165) is 32.2 Å². The van der Waals surface area contributed by atoms with Gasteiger partial charge in [0.2, 0.25) is 0 Å². The number of piperidine rings is 1.